The number of carbonyl (C=O) groups excluding carboxylic acids is 1. The third kappa shape index (κ3) is 2.61. The van der Waals surface area contributed by atoms with Crippen LogP contribution in [0.3, 0.4) is 0 Å². The third-order valence-corrected chi connectivity index (χ3v) is 3.49. The predicted octanol–water partition coefficient (Wildman–Crippen LogP) is 0.784. The predicted molar refractivity (Wildman–Crippen MR) is 65.7 cm³/mol. The Balaban J connectivity index is 1.98. The quantitative estimate of drug-likeness (QED) is 0.870. The van der Waals surface area contributed by atoms with Crippen LogP contribution in [0.15, 0.2) is 6.20 Å². The van der Waals surface area contributed by atoms with Crippen LogP contribution < -0.4 is 5.32 Å². The van der Waals surface area contributed by atoms with Crippen molar-refractivity contribution in [3.63, 3.8) is 0 Å². The van der Waals surface area contributed by atoms with Crippen LogP contribution in [0, 0.1) is 0 Å². The first kappa shape index (κ1) is 12.4. The average Bonchev–Trinajstić information content (AvgIpc) is 2.93. The lowest BCUT2D eigenvalue weighted by molar-refractivity contribution is -0.132. The summed E-state index contributed by atoms with van der Waals surface area (Å²) < 4.78 is 1.79. The molecule has 6 heteroatoms. The summed E-state index contributed by atoms with van der Waals surface area (Å²) in [7, 11) is 3.64. The summed E-state index contributed by atoms with van der Waals surface area (Å²) in [4.78, 5) is 17.9. The molecule has 5 nitrogen and oxygen atoms in total. The number of aromatic nitrogens is 2. The lowest BCUT2D eigenvalue weighted by atomic mass is 10.2. The summed E-state index contributed by atoms with van der Waals surface area (Å²) in [5, 5.41) is 3.78. The van der Waals surface area contributed by atoms with Crippen molar-refractivity contribution in [2.24, 2.45) is 7.05 Å². The van der Waals surface area contributed by atoms with Gasteiger partial charge in [0, 0.05) is 14.1 Å². The van der Waals surface area contributed by atoms with Gasteiger partial charge in [0.2, 0.25) is 5.91 Å². The van der Waals surface area contributed by atoms with Crippen molar-refractivity contribution >= 4 is 17.5 Å². The van der Waals surface area contributed by atoms with Crippen molar-refractivity contribution in [1.82, 2.24) is 19.8 Å². The molecule has 1 saturated heterocycles. The molecule has 0 bridgehead atoms. The van der Waals surface area contributed by atoms with E-state index >= 15 is 0 Å². The highest BCUT2D eigenvalue weighted by Gasteiger charge is 2.25. The van der Waals surface area contributed by atoms with Crippen LogP contribution in [0.25, 0.3) is 0 Å². The lowest BCUT2D eigenvalue weighted by Gasteiger charge is -2.20. The number of amides is 1. The molecule has 2 heterocycles. The number of imidazole rings is 1. The van der Waals surface area contributed by atoms with E-state index in [9.17, 15) is 4.79 Å². The Morgan fingerprint density at radius 2 is 2.53 bits per heavy atom. The molecular formula is C11H17ClN4O. The molecule has 1 atom stereocenters. The normalized spacial score (nSPS) is 19.6. The van der Waals surface area contributed by atoms with Gasteiger partial charge in [-0.15, -0.1) is 0 Å². The fourth-order valence-corrected chi connectivity index (χ4v) is 2.17. The topological polar surface area (TPSA) is 50.2 Å². The molecule has 94 valence electrons. The molecule has 1 N–H and O–H groups in total. The van der Waals surface area contributed by atoms with E-state index in [0.717, 1.165) is 25.2 Å². The van der Waals surface area contributed by atoms with Gasteiger partial charge in [0.05, 0.1) is 18.8 Å². The van der Waals surface area contributed by atoms with Crippen molar-refractivity contribution in [3.8, 4) is 0 Å². The number of halogens is 1. The van der Waals surface area contributed by atoms with Crippen LogP contribution in [-0.4, -0.2) is 40.0 Å². The summed E-state index contributed by atoms with van der Waals surface area (Å²) in [6.45, 7) is 1.42. The Bertz CT molecular complexity index is 412. The van der Waals surface area contributed by atoms with Gasteiger partial charge in [-0.1, -0.05) is 11.6 Å². The molecule has 1 aromatic heterocycles. The van der Waals surface area contributed by atoms with E-state index in [1.165, 1.54) is 0 Å². The maximum absolute atomic E-state index is 12.1. The van der Waals surface area contributed by atoms with Crippen molar-refractivity contribution < 1.29 is 4.79 Å². The van der Waals surface area contributed by atoms with Gasteiger partial charge in [0.25, 0.3) is 0 Å². The van der Waals surface area contributed by atoms with E-state index in [2.05, 4.69) is 10.3 Å². The van der Waals surface area contributed by atoms with Gasteiger partial charge in [-0.25, -0.2) is 4.98 Å². The number of nitrogens with zero attached hydrogens (tertiary/aromatic N) is 3. The molecule has 1 aromatic rings. The van der Waals surface area contributed by atoms with Crippen LogP contribution in [-0.2, 0) is 18.4 Å². The van der Waals surface area contributed by atoms with E-state index in [1.807, 2.05) is 7.05 Å². The maximum Gasteiger partial charge on any atom is 0.239 e. The first-order valence-electron chi connectivity index (χ1n) is 5.74. The lowest BCUT2D eigenvalue weighted by Crippen LogP contribution is -2.41. The Morgan fingerprint density at radius 1 is 1.76 bits per heavy atom. The van der Waals surface area contributed by atoms with Crippen LogP contribution in [0.4, 0.5) is 0 Å². The first-order valence-corrected chi connectivity index (χ1v) is 6.12. The zero-order valence-corrected chi connectivity index (χ0v) is 10.9. The van der Waals surface area contributed by atoms with Crippen molar-refractivity contribution in [1.29, 1.82) is 0 Å². The smallest absolute Gasteiger partial charge is 0.239 e. The molecule has 1 aliphatic heterocycles. The monoisotopic (exact) mass is 256 g/mol. The van der Waals surface area contributed by atoms with Crippen molar-refractivity contribution in [2.75, 3.05) is 13.6 Å². The molecule has 1 fully saturated rings. The maximum atomic E-state index is 12.1. The SMILES string of the molecule is CN(Cc1ncc(Cl)n1C)C(=O)[C@@H]1CCCN1. The second-order valence-corrected chi connectivity index (χ2v) is 4.79. The van der Waals surface area contributed by atoms with Gasteiger partial charge in [0.1, 0.15) is 11.0 Å². The average molecular weight is 257 g/mol. The van der Waals surface area contributed by atoms with E-state index in [1.54, 1.807) is 22.7 Å². The highest BCUT2D eigenvalue weighted by molar-refractivity contribution is 6.29. The molecule has 1 aliphatic rings. The number of hydrogen-bond acceptors (Lipinski definition) is 3. The summed E-state index contributed by atoms with van der Waals surface area (Å²) in [5.74, 6) is 0.922. The van der Waals surface area contributed by atoms with Gasteiger partial charge >= 0.3 is 0 Å². The zero-order chi connectivity index (χ0) is 12.4. The molecule has 0 unspecified atom stereocenters. The second-order valence-electron chi connectivity index (χ2n) is 4.40. The number of nitrogens with one attached hydrogen (secondary N) is 1. The minimum Gasteiger partial charge on any atom is -0.337 e. The number of carbonyl (C=O) groups is 1. The molecule has 0 aromatic carbocycles. The largest absolute Gasteiger partial charge is 0.337 e. The molecule has 0 radical (unpaired) electrons. The van der Waals surface area contributed by atoms with Crippen LogP contribution in [0.5, 0.6) is 0 Å². The summed E-state index contributed by atoms with van der Waals surface area (Å²) in [6, 6.07) is -0.0317. The molecular weight excluding hydrogens is 240 g/mol. The highest BCUT2D eigenvalue weighted by atomic mass is 35.5. The van der Waals surface area contributed by atoms with Crippen LogP contribution in [0.1, 0.15) is 18.7 Å². The molecule has 0 saturated carbocycles. The van der Waals surface area contributed by atoms with Crippen LogP contribution >= 0.6 is 11.6 Å². The van der Waals surface area contributed by atoms with Crippen LogP contribution in [0.2, 0.25) is 5.15 Å². The Labute approximate surface area is 106 Å². The van der Waals surface area contributed by atoms with Crippen molar-refractivity contribution in [2.45, 2.75) is 25.4 Å². The first-order chi connectivity index (χ1) is 8.09. The van der Waals surface area contributed by atoms with E-state index in [-0.39, 0.29) is 11.9 Å². The van der Waals surface area contributed by atoms with E-state index in [0.29, 0.717) is 11.7 Å². The second kappa shape index (κ2) is 5.06. The Hall–Kier alpha value is -1.07. The number of hydrogen-bond donors (Lipinski definition) is 1. The van der Waals surface area contributed by atoms with Gasteiger partial charge in [-0.2, -0.15) is 0 Å². The number of likely N-dealkylation sites (N-methyl/N-ethyl adjacent to an activating group) is 1. The molecule has 0 aliphatic carbocycles. The van der Waals surface area contributed by atoms with Gasteiger partial charge in [0.15, 0.2) is 0 Å². The fraction of sp³-hybridized carbons (Fsp3) is 0.636. The Morgan fingerprint density at radius 3 is 3.06 bits per heavy atom. The third-order valence-electron chi connectivity index (χ3n) is 3.14. The minimum absolute atomic E-state index is 0.0317. The summed E-state index contributed by atoms with van der Waals surface area (Å²) in [5.41, 5.74) is 0. The molecule has 0 spiro atoms. The van der Waals surface area contributed by atoms with Gasteiger partial charge in [-0.05, 0) is 19.4 Å². The van der Waals surface area contributed by atoms with Crippen molar-refractivity contribution in [3.05, 3.63) is 17.2 Å². The zero-order valence-electron chi connectivity index (χ0n) is 10.1. The van der Waals surface area contributed by atoms with Gasteiger partial charge < -0.3 is 14.8 Å². The van der Waals surface area contributed by atoms with E-state index < -0.39 is 0 Å². The Kier molecular flexibility index (Phi) is 3.69. The van der Waals surface area contributed by atoms with E-state index in [4.69, 9.17) is 11.6 Å². The molecule has 2 rings (SSSR count). The molecule has 1 amide bonds. The number of rotatable bonds is 3. The standard InChI is InChI=1S/C11H17ClN4O/c1-15(11(17)8-4-3-5-13-8)7-10-14-6-9(12)16(10)2/h6,8,13H,3-5,7H2,1-2H3/t8-/m0/s1. The van der Waals surface area contributed by atoms with Gasteiger partial charge in [-0.3, -0.25) is 4.79 Å². The minimum atomic E-state index is -0.0317. The highest BCUT2D eigenvalue weighted by Crippen LogP contribution is 2.13. The summed E-state index contributed by atoms with van der Waals surface area (Å²) >= 11 is 5.90. The summed E-state index contributed by atoms with van der Waals surface area (Å²) in [6.07, 6.45) is 3.59. The fourth-order valence-electron chi connectivity index (χ4n) is 2.02. The molecule has 17 heavy (non-hydrogen) atoms.